The Morgan fingerprint density at radius 3 is 2.78 bits per heavy atom. The number of rotatable bonds is 2. The number of nitrogens with two attached hydrogens (primary N) is 1. The summed E-state index contributed by atoms with van der Waals surface area (Å²) in [5.41, 5.74) is 1.76. The van der Waals surface area contributed by atoms with Crippen LogP contribution in [0.5, 0.6) is 0 Å². The van der Waals surface area contributed by atoms with E-state index in [1.54, 1.807) is 0 Å². The molecule has 2 amide bonds. The molecular formula is C9H10N4O4S. The van der Waals surface area contributed by atoms with E-state index in [1.165, 1.54) is 25.3 Å². The molecule has 96 valence electrons. The van der Waals surface area contributed by atoms with Gasteiger partial charge in [0, 0.05) is 6.20 Å². The van der Waals surface area contributed by atoms with E-state index >= 15 is 0 Å². The highest BCUT2D eigenvalue weighted by Gasteiger charge is 2.46. The smallest absolute Gasteiger partial charge is 0.285 e. The van der Waals surface area contributed by atoms with Gasteiger partial charge in [0.25, 0.3) is 21.8 Å². The van der Waals surface area contributed by atoms with Crippen molar-refractivity contribution >= 4 is 21.8 Å². The molecule has 9 heteroatoms. The highest BCUT2D eigenvalue weighted by Crippen LogP contribution is 2.29. The van der Waals surface area contributed by atoms with Gasteiger partial charge in [-0.2, -0.15) is 8.42 Å². The summed E-state index contributed by atoms with van der Waals surface area (Å²) in [6.45, 7) is 1.27. The first-order chi connectivity index (χ1) is 8.41. The minimum Gasteiger partial charge on any atom is -0.292 e. The number of nitrogens with zero attached hydrogens (tertiary/aromatic N) is 2. The number of carbonyl (C=O) groups is 2. The molecule has 0 spiro atoms. The summed E-state index contributed by atoms with van der Waals surface area (Å²) in [5.74, 6) is 3.37. The van der Waals surface area contributed by atoms with E-state index < -0.39 is 27.9 Å². The normalized spacial score (nSPS) is 18.3. The predicted octanol–water partition coefficient (Wildman–Crippen LogP) is -1.40. The van der Waals surface area contributed by atoms with Gasteiger partial charge < -0.3 is 0 Å². The monoisotopic (exact) mass is 270 g/mol. The highest BCUT2D eigenvalue weighted by atomic mass is 32.2. The lowest BCUT2D eigenvalue weighted by Crippen LogP contribution is -2.49. The van der Waals surface area contributed by atoms with Crippen LogP contribution in [0.2, 0.25) is 0 Å². The molecule has 0 radical (unpaired) electrons. The second-order valence-corrected chi connectivity index (χ2v) is 5.38. The quantitative estimate of drug-likeness (QED) is 0.387. The van der Waals surface area contributed by atoms with E-state index in [9.17, 15) is 18.0 Å². The maximum absolute atomic E-state index is 12.1. The molecule has 0 saturated heterocycles. The zero-order valence-electron chi connectivity index (χ0n) is 9.32. The van der Waals surface area contributed by atoms with Crippen molar-refractivity contribution in [3.05, 3.63) is 23.9 Å². The molecule has 2 rings (SSSR count). The summed E-state index contributed by atoms with van der Waals surface area (Å²) in [7, 11) is -4.09. The van der Waals surface area contributed by atoms with Crippen LogP contribution in [0.4, 0.5) is 0 Å². The third-order valence-electron chi connectivity index (χ3n) is 2.58. The van der Waals surface area contributed by atoms with E-state index in [-0.39, 0.29) is 10.6 Å². The first kappa shape index (κ1) is 12.5. The highest BCUT2D eigenvalue weighted by molar-refractivity contribution is 7.90. The van der Waals surface area contributed by atoms with E-state index in [1.807, 2.05) is 5.43 Å². The first-order valence-corrected chi connectivity index (χ1v) is 6.39. The third-order valence-corrected chi connectivity index (χ3v) is 4.39. The Bertz CT molecular complexity index is 627. The van der Waals surface area contributed by atoms with Gasteiger partial charge in [-0.25, -0.2) is 15.1 Å². The Morgan fingerprint density at radius 2 is 2.22 bits per heavy atom. The molecule has 2 heterocycles. The van der Waals surface area contributed by atoms with Crippen LogP contribution in [0.1, 0.15) is 17.3 Å². The molecule has 1 aliphatic heterocycles. The predicted molar refractivity (Wildman–Crippen MR) is 59.4 cm³/mol. The van der Waals surface area contributed by atoms with Crippen LogP contribution in [0.3, 0.4) is 0 Å². The topological polar surface area (TPSA) is 122 Å². The van der Waals surface area contributed by atoms with Gasteiger partial charge in [0.1, 0.15) is 6.04 Å². The van der Waals surface area contributed by atoms with Crippen molar-refractivity contribution in [3.63, 3.8) is 0 Å². The molecule has 18 heavy (non-hydrogen) atoms. The van der Waals surface area contributed by atoms with Gasteiger partial charge in [0.2, 0.25) is 0 Å². The number of hydrogen-bond acceptors (Lipinski definition) is 6. The second kappa shape index (κ2) is 4.03. The summed E-state index contributed by atoms with van der Waals surface area (Å²) in [4.78, 5) is 27.0. The summed E-state index contributed by atoms with van der Waals surface area (Å²) in [6.07, 6.45) is 1.26. The van der Waals surface area contributed by atoms with E-state index in [2.05, 4.69) is 4.98 Å². The SMILES string of the molecule is CC(C(=O)NN)N1C(=O)c2cccnc2S1(=O)=O. The number of amides is 2. The van der Waals surface area contributed by atoms with Crippen molar-refractivity contribution in [2.45, 2.75) is 18.0 Å². The Labute approximate surface area is 103 Å². The molecule has 1 unspecified atom stereocenters. The molecule has 0 aromatic carbocycles. The van der Waals surface area contributed by atoms with Gasteiger partial charge in [-0.3, -0.25) is 15.0 Å². The molecule has 1 aromatic heterocycles. The minimum atomic E-state index is -4.09. The van der Waals surface area contributed by atoms with Gasteiger partial charge >= 0.3 is 0 Å². The first-order valence-electron chi connectivity index (χ1n) is 4.95. The molecular weight excluding hydrogens is 260 g/mol. The maximum atomic E-state index is 12.1. The zero-order valence-corrected chi connectivity index (χ0v) is 10.1. The summed E-state index contributed by atoms with van der Waals surface area (Å²) < 4.78 is 24.6. The summed E-state index contributed by atoms with van der Waals surface area (Å²) in [5, 5.41) is -0.341. The van der Waals surface area contributed by atoms with Crippen LogP contribution in [-0.2, 0) is 14.8 Å². The Hall–Kier alpha value is -2.00. The van der Waals surface area contributed by atoms with Crippen LogP contribution in [0.15, 0.2) is 23.4 Å². The van der Waals surface area contributed by atoms with Crippen molar-refractivity contribution in [1.82, 2.24) is 14.7 Å². The third kappa shape index (κ3) is 1.56. The number of carbonyl (C=O) groups excluding carboxylic acids is 2. The van der Waals surface area contributed by atoms with E-state index in [4.69, 9.17) is 5.84 Å². The zero-order chi connectivity index (χ0) is 13.5. The fourth-order valence-corrected chi connectivity index (χ4v) is 3.33. The fourth-order valence-electron chi connectivity index (χ4n) is 1.69. The Morgan fingerprint density at radius 1 is 1.56 bits per heavy atom. The lowest BCUT2D eigenvalue weighted by Gasteiger charge is -2.20. The van der Waals surface area contributed by atoms with Crippen molar-refractivity contribution < 1.29 is 18.0 Å². The molecule has 0 fully saturated rings. The maximum Gasteiger partial charge on any atom is 0.285 e. The number of fused-ring (bicyclic) bond motifs is 1. The number of hydrazine groups is 1. The van der Waals surface area contributed by atoms with Gasteiger partial charge in [-0.1, -0.05) is 0 Å². The van der Waals surface area contributed by atoms with Crippen molar-refractivity contribution in [2.24, 2.45) is 5.84 Å². The minimum absolute atomic E-state index is 0.0471. The van der Waals surface area contributed by atoms with Gasteiger partial charge in [-0.05, 0) is 19.1 Å². The van der Waals surface area contributed by atoms with Gasteiger partial charge in [0.15, 0.2) is 5.03 Å². The van der Waals surface area contributed by atoms with Crippen LogP contribution in [0.25, 0.3) is 0 Å². The average Bonchev–Trinajstić information content (AvgIpc) is 2.56. The number of hydrogen-bond donors (Lipinski definition) is 2. The number of nitrogens with one attached hydrogen (secondary N) is 1. The second-order valence-electron chi connectivity index (χ2n) is 3.65. The van der Waals surface area contributed by atoms with Gasteiger partial charge in [-0.15, -0.1) is 0 Å². The van der Waals surface area contributed by atoms with Crippen molar-refractivity contribution in [1.29, 1.82) is 0 Å². The standard InChI is InChI=1S/C9H10N4O4S/c1-5(7(14)12-10)13-9(15)6-3-2-4-11-8(6)18(13,16)17/h2-5H,10H2,1H3,(H,12,14). The van der Waals surface area contributed by atoms with E-state index in [0.29, 0.717) is 4.31 Å². The van der Waals surface area contributed by atoms with Gasteiger partial charge in [0.05, 0.1) is 5.56 Å². The fraction of sp³-hybridized carbons (Fsp3) is 0.222. The molecule has 1 aromatic rings. The Balaban J connectivity index is 2.55. The van der Waals surface area contributed by atoms with Crippen LogP contribution in [-0.4, -0.2) is 35.6 Å². The van der Waals surface area contributed by atoms with E-state index in [0.717, 1.165) is 0 Å². The summed E-state index contributed by atoms with van der Waals surface area (Å²) in [6, 6.07) is 1.56. The lowest BCUT2D eigenvalue weighted by atomic mass is 10.2. The van der Waals surface area contributed by atoms with Crippen molar-refractivity contribution in [3.8, 4) is 0 Å². The van der Waals surface area contributed by atoms with Crippen LogP contribution < -0.4 is 11.3 Å². The number of aromatic nitrogens is 1. The molecule has 0 aliphatic carbocycles. The number of sulfonamides is 1. The van der Waals surface area contributed by atoms with Crippen LogP contribution >= 0.6 is 0 Å². The molecule has 1 atom stereocenters. The molecule has 3 N–H and O–H groups in total. The Kier molecular flexibility index (Phi) is 2.79. The molecule has 0 saturated carbocycles. The average molecular weight is 270 g/mol. The molecule has 0 bridgehead atoms. The summed E-state index contributed by atoms with van der Waals surface area (Å²) >= 11 is 0. The number of pyridine rings is 1. The molecule has 8 nitrogen and oxygen atoms in total. The van der Waals surface area contributed by atoms with Crippen molar-refractivity contribution in [2.75, 3.05) is 0 Å². The lowest BCUT2D eigenvalue weighted by molar-refractivity contribution is -0.124. The van der Waals surface area contributed by atoms with Crippen LogP contribution in [0, 0.1) is 0 Å². The largest absolute Gasteiger partial charge is 0.292 e. The molecule has 1 aliphatic rings.